The van der Waals surface area contributed by atoms with Crippen LogP contribution in [0.3, 0.4) is 0 Å². The summed E-state index contributed by atoms with van der Waals surface area (Å²) in [6.07, 6.45) is 9.85. The topological polar surface area (TPSA) is 47.0 Å². The van der Waals surface area contributed by atoms with Crippen LogP contribution in [0.1, 0.15) is 57.2 Å². The molecule has 0 radical (unpaired) electrons. The van der Waals surface area contributed by atoms with Gasteiger partial charge in [-0.15, -0.1) is 0 Å². The Morgan fingerprint density at radius 1 is 1.20 bits per heavy atom. The van der Waals surface area contributed by atoms with Crippen molar-refractivity contribution in [2.75, 3.05) is 11.9 Å². The van der Waals surface area contributed by atoms with Crippen molar-refractivity contribution >= 4 is 5.82 Å². The molecule has 1 aromatic heterocycles. The second-order valence-electron chi connectivity index (χ2n) is 6.65. The summed E-state index contributed by atoms with van der Waals surface area (Å²) in [6, 6.07) is 0.459. The molecule has 2 heterocycles. The smallest absolute Gasteiger partial charge is 0.133 e. The highest BCUT2D eigenvalue weighted by atomic mass is 16.5. The van der Waals surface area contributed by atoms with Crippen LogP contribution in [0, 0.1) is 0 Å². The summed E-state index contributed by atoms with van der Waals surface area (Å²) in [5.41, 5.74) is 2.58. The molecule has 3 rings (SSSR count). The van der Waals surface area contributed by atoms with Crippen LogP contribution in [0.2, 0.25) is 0 Å². The standard InChI is InChI=1S/C16H25N3O/c1-16(2)10-12(8-9-20-16)19-15-13-6-4-3-5-7-14(13)17-11-18-15/h11-12H,3-10H2,1-2H3,(H,17,18,19). The van der Waals surface area contributed by atoms with E-state index in [1.165, 1.54) is 30.5 Å². The molecule has 20 heavy (non-hydrogen) atoms. The van der Waals surface area contributed by atoms with Crippen molar-refractivity contribution in [2.24, 2.45) is 0 Å². The molecule has 2 aliphatic rings. The molecule has 1 unspecified atom stereocenters. The van der Waals surface area contributed by atoms with E-state index in [2.05, 4.69) is 29.1 Å². The summed E-state index contributed by atoms with van der Waals surface area (Å²) in [5.74, 6) is 1.07. The summed E-state index contributed by atoms with van der Waals surface area (Å²) in [6.45, 7) is 5.17. The lowest BCUT2D eigenvalue weighted by molar-refractivity contribution is -0.0553. The van der Waals surface area contributed by atoms with E-state index in [1.807, 2.05) is 0 Å². The van der Waals surface area contributed by atoms with Crippen LogP contribution in [0.5, 0.6) is 0 Å². The highest BCUT2D eigenvalue weighted by molar-refractivity contribution is 5.47. The van der Waals surface area contributed by atoms with Crippen LogP contribution >= 0.6 is 0 Å². The average molecular weight is 275 g/mol. The highest BCUT2D eigenvalue weighted by Gasteiger charge is 2.29. The van der Waals surface area contributed by atoms with E-state index >= 15 is 0 Å². The first kappa shape index (κ1) is 13.8. The zero-order chi connectivity index (χ0) is 14.0. The summed E-state index contributed by atoms with van der Waals surface area (Å²) >= 11 is 0. The molecule has 1 atom stereocenters. The molecule has 0 bridgehead atoms. The molecule has 1 aliphatic heterocycles. The van der Waals surface area contributed by atoms with E-state index in [0.29, 0.717) is 6.04 Å². The molecule has 1 saturated heterocycles. The Bertz CT molecular complexity index is 473. The van der Waals surface area contributed by atoms with Gasteiger partial charge < -0.3 is 10.1 Å². The van der Waals surface area contributed by atoms with Crippen molar-refractivity contribution in [2.45, 2.75) is 70.4 Å². The van der Waals surface area contributed by atoms with Crippen molar-refractivity contribution in [3.63, 3.8) is 0 Å². The third kappa shape index (κ3) is 3.11. The maximum Gasteiger partial charge on any atom is 0.133 e. The molecule has 1 aromatic rings. The summed E-state index contributed by atoms with van der Waals surface area (Å²) in [7, 11) is 0. The largest absolute Gasteiger partial charge is 0.375 e. The molecule has 4 heteroatoms. The summed E-state index contributed by atoms with van der Waals surface area (Å²) in [5, 5.41) is 3.66. The fraction of sp³-hybridized carbons (Fsp3) is 0.750. The fourth-order valence-electron chi connectivity index (χ4n) is 3.37. The molecule has 0 aromatic carbocycles. The third-order valence-corrected chi connectivity index (χ3v) is 4.41. The highest BCUT2D eigenvalue weighted by Crippen LogP contribution is 2.29. The number of hydrogen-bond donors (Lipinski definition) is 1. The Morgan fingerprint density at radius 3 is 2.90 bits per heavy atom. The van der Waals surface area contributed by atoms with Crippen molar-refractivity contribution in [3.8, 4) is 0 Å². The minimum absolute atomic E-state index is 0.0279. The maximum atomic E-state index is 5.79. The second kappa shape index (κ2) is 5.68. The number of hydrogen-bond acceptors (Lipinski definition) is 4. The van der Waals surface area contributed by atoms with Gasteiger partial charge in [0.05, 0.1) is 5.60 Å². The number of nitrogens with zero attached hydrogens (tertiary/aromatic N) is 2. The van der Waals surface area contributed by atoms with Gasteiger partial charge in [-0.05, 0) is 52.4 Å². The van der Waals surface area contributed by atoms with Crippen molar-refractivity contribution < 1.29 is 4.74 Å². The zero-order valence-electron chi connectivity index (χ0n) is 12.6. The number of fused-ring (bicyclic) bond motifs is 1. The van der Waals surface area contributed by atoms with Gasteiger partial charge in [-0.2, -0.15) is 0 Å². The molecular weight excluding hydrogens is 250 g/mol. The molecule has 0 saturated carbocycles. The molecule has 4 nitrogen and oxygen atoms in total. The normalized spacial score (nSPS) is 25.6. The Labute approximate surface area is 121 Å². The predicted molar refractivity (Wildman–Crippen MR) is 80.0 cm³/mol. The lowest BCUT2D eigenvalue weighted by Gasteiger charge is -2.36. The second-order valence-corrected chi connectivity index (χ2v) is 6.65. The van der Waals surface area contributed by atoms with Gasteiger partial charge in [-0.3, -0.25) is 0 Å². The van der Waals surface area contributed by atoms with E-state index in [9.17, 15) is 0 Å². The molecule has 1 N–H and O–H groups in total. The molecule has 1 fully saturated rings. The average Bonchev–Trinajstić information content (AvgIpc) is 2.63. The van der Waals surface area contributed by atoms with Gasteiger partial charge >= 0.3 is 0 Å². The van der Waals surface area contributed by atoms with E-state index in [-0.39, 0.29) is 5.60 Å². The van der Waals surface area contributed by atoms with Crippen LogP contribution in [-0.2, 0) is 17.6 Å². The Morgan fingerprint density at radius 2 is 2.05 bits per heavy atom. The first-order chi connectivity index (χ1) is 9.64. The van der Waals surface area contributed by atoms with E-state index in [1.54, 1.807) is 6.33 Å². The van der Waals surface area contributed by atoms with Crippen LogP contribution in [0.4, 0.5) is 5.82 Å². The molecule has 110 valence electrons. The first-order valence-corrected chi connectivity index (χ1v) is 7.87. The van der Waals surface area contributed by atoms with Crippen LogP contribution in [0.25, 0.3) is 0 Å². The minimum Gasteiger partial charge on any atom is -0.375 e. The molecular formula is C16H25N3O. The summed E-state index contributed by atoms with van der Waals surface area (Å²) < 4.78 is 5.79. The molecule has 0 spiro atoms. The Kier molecular flexibility index (Phi) is 3.92. The van der Waals surface area contributed by atoms with E-state index in [4.69, 9.17) is 4.74 Å². The fourth-order valence-corrected chi connectivity index (χ4v) is 3.37. The van der Waals surface area contributed by atoms with Gasteiger partial charge in [0.1, 0.15) is 12.1 Å². The lowest BCUT2D eigenvalue weighted by atomic mass is 9.93. The van der Waals surface area contributed by atoms with Crippen LogP contribution in [-0.4, -0.2) is 28.2 Å². The quantitative estimate of drug-likeness (QED) is 0.842. The van der Waals surface area contributed by atoms with Gasteiger partial charge in [-0.25, -0.2) is 9.97 Å². The first-order valence-electron chi connectivity index (χ1n) is 7.87. The number of aromatic nitrogens is 2. The van der Waals surface area contributed by atoms with Crippen molar-refractivity contribution in [1.29, 1.82) is 0 Å². The maximum absolute atomic E-state index is 5.79. The van der Waals surface area contributed by atoms with Gasteiger partial charge in [0, 0.05) is 23.9 Å². The van der Waals surface area contributed by atoms with E-state index < -0.39 is 0 Å². The monoisotopic (exact) mass is 275 g/mol. The lowest BCUT2D eigenvalue weighted by Crippen LogP contribution is -2.40. The predicted octanol–water partition coefficient (Wildman–Crippen LogP) is 3.12. The Hall–Kier alpha value is -1.16. The number of aryl methyl sites for hydroxylation is 1. The molecule has 1 aliphatic carbocycles. The number of anilines is 1. The van der Waals surface area contributed by atoms with Crippen molar-refractivity contribution in [3.05, 3.63) is 17.6 Å². The summed E-state index contributed by atoms with van der Waals surface area (Å²) in [4.78, 5) is 9.00. The van der Waals surface area contributed by atoms with Crippen molar-refractivity contribution in [1.82, 2.24) is 9.97 Å². The van der Waals surface area contributed by atoms with E-state index in [0.717, 1.165) is 38.1 Å². The Balaban J connectivity index is 1.77. The van der Waals surface area contributed by atoms with Crippen LogP contribution in [0.15, 0.2) is 6.33 Å². The minimum atomic E-state index is -0.0279. The van der Waals surface area contributed by atoms with Crippen LogP contribution < -0.4 is 5.32 Å². The van der Waals surface area contributed by atoms with Gasteiger partial charge in [0.2, 0.25) is 0 Å². The van der Waals surface area contributed by atoms with Gasteiger partial charge in [-0.1, -0.05) is 6.42 Å². The third-order valence-electron chi connectivity index (χ3n) is 4.41. The number of nitrogens with one attached hydrogen (secondary N) is 1. The number of rotatable bonds is 2. The number of ether oxygens (including phenoxy) is 1. The SMILES string of the molecule is CC1(C)CC(Nc2ncnc3c2CCCCC3)CCO1. The molecule has 0 amide bonds. The van der Waals surface area contributed by atoms with Gasteiger partial charge in [0.25, 0.3) is 0 Å². The zero-order valence-corrected chi connectivity index (χ0v) is 12.6. The van der Waals surface area contributed by atoms with Gasteiger partial charge in [0.15, 0.2) is 0 Å².